The number of anilines is 1. The van der Waals surface area contributed by atoms with Crippen LogP contribution in [0.2, 0.25) is 0 Å². The maximum absolute atomic E-state index is 13.7. The van der Waals surface area contributed by atoms with Crippen LogP contribution in [0.15, 0.2) is 12.1 Å². The largest absolute Gasteiger partial charge is 0.392 e. The molecule has 6 nitrogen and oxygen atoms in total. The van der Waals surface area contributed by atoms with Crippen LogP contribution < -0.4 is 5.73 Å². The van der Waals surface area contributed by atoms with E-state index < -0.39 is 33.6 Å². The molecule has 1 aromatic rings. The molecule has 0 saturated carbocycles. The lowest BCUT2D eigenvalue weighted by Gasteiger charge is -2.20. The first kappa shape index (κ1) is 14.9. The summed E-state index contributed by atoms with van der Waals surface area (Å²) >= 11 is 0. The predicted octanol–water partition coefficient (Wildman–Crippen LogP) is 2.04. The molecule has 1 rings (SSSR count). The number of carbonyl (C=O) groups is 1. The average molecular weight is 269 g/mol. The van der Waals surface area contributed by atoms with Crippen LogP contribution in [0.1, 0.15) is 24.2 Å². The van der Waals surface area contributed by atoms with Gasteiger partial charge in [0.2, 0.25) is 0 Å². The molecule has 19 heavy (non-hydrogen) atoms. The number of nitrogen functional groups attached to an aromatic ring is 1. The van der Waals surface area contributed by atoms with E-state index in [4.69, 9.17) is 5.73 Å². The van der Waals surface area contributed by atoms with Crippen molar-refractivity contribution in [3.8, 4) is 0 Å². The van der Waals surface area contributed by atoms with Crippen molar-refractivity contribution < 1.29 is 14.1 Å². The molecule has 1 amide bonds. The Bertz CT molecular complexity index is 517. The molecule has 0 spiro atoms. The molecule has 0 aliphatic heterocycles. The van der Waals surface area contributed by atoms with Gasteiger partial charge in [0.05, 0.1) is 4.92 Å². The molecule has 0 radical (unpaired) electrons. The van der Waals surface area contributed by atoms with Crippen molar-refractivity contribution in [2.24, 2.45) is 5.92 Å². The highest BCUT2D eigenvalue weighted by Gasteiger charge is 2.25. The molecule has 0 heterocycles. The Morgan fingerprint density at radius 1 is 1.53 bits per heavy atom. The van der Waals surface area contributed by atoms with Crippen molar-refractivity contribution >= 4 is 17.3 Å². The predicted molar refractivity (Wildman–Crippen MR) is 69.3 cm³/mol. The highest BCUT2D eigenvalue weighted by molar-refractivity contribution is 6.01. The molecule has 0 unspecified atom stereocenters. The van der Waals surface area contributed by atoms with E-state index >= 15 is 0 Å². The first-order chi connectivity index (χ1) is 8.75. The number of halogens is 1. The first-order valence-corrected chi connectivity index (χ1v) is 5.73. The molecule has 0 fully saturated rings. The number of hydrogen-bond donors (Lipinski definition) is 1. The van der Waals surface area contributed by atoms with Crippen LogP contribution in [0, 0.1) is 21.8 Å². The molecular weight excluding hydrogens is 253 g/mol. The molecule has 2 N–H and O–H groups in total. The summed E-state index contributed by atoms with van der Waals surface area (Å²) in [6.45, 7) is 4.20. The lowest BCUT2D eigenvalue weighted by Crippen LogP contribution is -2.31. The van der Waals surface area contributed by atoms with Crippen molar-refractivity contribution in [1.82, 2.24) is 4.90 Å². The monoisotopic (exact) mass is 269 g/mol. The van der Waals surface area contributed by atoms with Gasteiger partial charge in [-0.05, 0) is 12.0 Å². The maximum atomic E-state index is 13.7. The van der Waals surface area contributed by atoms with Crippen LogP contribution in [-0.2, 0) is 0 Å². The van der Waals surface area contributed by atoms with Gasteiger partial charge in [0, 0.05) is 19.7 Å². The van der Waals surface area contributed by atoms with E-state index in [9.17, 15) is 19.3 Å². The van der Waals surface area contributed by atoms with Gasteiger partial charge >= 0.3 is 0 Å². The van der Waals surface area contributed by atoms with E-state index in [2.05, 4.69) is 0 Å². The van der Waals surface area contributed by atoms with E-state index in [1.807, 2.05) is 13.8 Å². The lowest BCUT2D eigenvalue weighted by molar-refractivity contribution is -0.384. The Hall–Kier alpha value is -2.18. The SMILES string of the molecule is CC(C)CN(C)C(=O)c1c(F)ccc([N+](=O)[O-])c1N. The minimum absolute atomic E-state index is 0.192. The number of nitrogens with two attached hydrogens (primary N) is 1. The summed E-state index contributed by atoms with van der Waals surface area (Å²) in [4.78, 5) is 23.4. The number of hydrogen-bond acceptors (Lipinski definition) is 4. The molecular formula is C12H16FN3O3. The van der Waals surface area contributed by atoms with Gasteiger partial charge in [-0.2, -0.15) is 0 Å². The summed E-state index contributed by atoms with van der Waals surface area (Å²) in [6.07, 6.45) is 0. The van der Waals surface area contributed by atoms with Crippen molar-refractivity contribution in [3.05, 3.63) is 33.6 Å². The molecule has 0 aromatic heterocycles. The second-order valence-electron chi connectivity index (χ2n) is 4.69. The summed E-state index contributed by atoms with van der Waals surface area (Å²) in [5, 5.41) is 10.7. The minimum atomic E-state index is -0.858. The van der Waals surface area contributed by atoms with Crippen LogP contribution in [0.25, 0.3) is 0 Å². The molecule has 0 aliphatic rings. The van der Waals surface area contributed by atoms with Gasteiger partial charge in [0.25, 0.3) is 11.6 Å². The average Bonchev–Trinajstić information content (AvgIpc) is 2.27. The summed E-state index contributed by atoms with van der Waals surface area (Å²) in [5.41, 5.74) is 4.17. The summed E-state index contributed by atoms with van der Waals surface area (Å²) in [6, 6.07) is 1.83. The van der Waals surface area contributed by atoms with E-state index in [1.165, 1.54) is 11.9 Å². The molecule has 0 aliphatic carbocycles. The van der Waals surface area contributed by atoms with E-state index in [0.717, 1.165) is 12.1 Å². The number of nitrogens with zero attached hydrogens (tertiary/aromatic N) is 2. The number of benzene rings is 1. The van der Waals surface area contributed by atoms with Crippen molar-refractivity contribution in [1.29, 1.82) is 0 Å². The third-order valence-corrected chi connectivity index (χ3v) is 2.57. The van der Waals surface area contributed by atoms with Gasteiger partial charge in [-0.3, -0.25) is 14.9 Å². The molecule has 0 saturated heterocycles. The molecule has 7 heteroatoms. The Morgan fingerprint density at radius 3 is 2.58 bits per heavy atom. The summed E-state index contributed by atoms with van der Waals surface area (Å²) < 4.78 is 13.7. The second kappa shape index (κ2) is 5.64. The number of rotatable bonds is 4. The minimum Gasteiger partial charge on any atom is -0.392 e. The third-order valence-electron chi connectivity index (χ3n) is 2.57. The second-order valence-corrected chi connectivity index (χ2v) is 4.69. The van der Waals surface area contributed by atoms with Gasteiger partial charge in [-0.1, -0.05) is 13.8 Å². The zero-order chi connectivity index (χ0) is 14.7. The summed E-state index contributed by atoms with van der Waals surface area (Å²) in [7, 11) is 1.50. The number of nitro groups is 1. The van der Waals surface area contributed by atoms with Gasteiger partial charge in [0.15, 0.2) is 0 Å². The topological polar surface area (TPSA) is 89.5 Å². The van der Waals surface area contributed by atoms with Gasteiger partial charge in [-0.15, -0.1) is 0 Å². The fraction of sp³-hybridized carbons (Fsp3) is 0.417. The van der Waals surface area contributed by atoms with Gasteiger partial charge in [-0.25, -0.2) is 4.39 Å². The Balaban J connectivity index is 3.22. The zero-order valence-corrected chi connectivity index (χ0v) is 11.0. The molecule has 1 aromatic carbocycles. The van der Waals surface area contributed by atoms with Crippen LogP contribution in [0.4, 0.5) is 15.8 Å². The van der Waals surface area contributed by atoms with Crippen LogP contribution in [0.5, 0.6) is 0 Å². The number of amides is 1. The summed E-state index contributed by atoms with van der Waals surface area (Å²) in [5.74, 6) is -1.33. The quantitative estimate of drug-likeness (QED) is 0.514. The highest BCUT2D eigenvalue weighted by Crippen LogP contribution is 2.28. The van der Waals surface area contributed by atoms with Crippen molar-refractivity contribution in [2.45, 2.75) is 13.8 Å². The maximum Gasteiger partial charge on any atom is 0.293 e. The first-order valence-electron chi connectivity index (χ1n) is 5.73. The van der Waals surface area contributed by atoms with Crippen LogP contribution in [-0.4, -0.2) is 29.3 Å². The van der Waals surface area contributed by atoms with Gasteiger partial charge < -0.3 is 10.6 Å². The lowest BCUT2D eigenvalue weighted by atomic mass is 10.1. The fourth-order valence-corrected chi connectivity index (χ4v) is 1.78. The zero-order valence-electron chi connectivity index (χ0n) is 11.0. The smallest absolute Gasteiger partial charge is 0.293 e. The highest BCUT2D eigenvalue weighted by atomic mass is 19.1. The molecule has 104 valence electrons. The van der Waals surface area contributed by atoms with E-state index in [-0.39, 0.29) is 5.92 Å². The van der Waals surface area contributed by atoms with Crippen molar-refractivity contribution in [2.75, 3.05) is 19.3 Å². The fourth-order valence-electron chi connectivity index (χ4n) is 1.78. The van der Waals surface area contributed by atoms with Gasteiger partial charge in [0.1, 0.15) is 17.1 Å². The van der Waals surface area contributed by atoms with Crippen LogP contribution >= 0.6 is 0 Å². The van der Waals surface area contributed by atoms with Crippen LogP contribution in [0.3, 0.4) is 0 Å². The number of nitro benzene ring substituents is 1. The number of carbonyl (C=O) groups excluding carboxylic acids is 1. The Labute approximate surface area is 110 Å². The Kier molecular flexibility index (Phi) is 4.42. The van der Waals surface area contributed by atoms with Crippen molar-refractivity contribution in [3.63, 3.8) is 0 Å². The third kappa shape index (κ3) is 3.18. The Morgan fingerprint density at radius 2 is 2.11 bits per heavy atom. The molecule has 0 bridgehead atoms. The van der Waals surface area contributed by atoms with E-state index in [1.54, 1.807) is 0 Å². The molecule has 0 atom stereocenters. The van der Waals surface area contributed by atoms with E-state index in [0.29, 0.717) is 6.54 Å². The normalized spacial score (nSPS) is 10.6. The standard InChI is InChI=1S/C12H16FN3O3/c1-7(2)6-15(3)12(17)10-8(13)4-5-9(11(10)14)16(18)19/h4-5,7H,6,14H2,1-3H3.